The summed E-state index contributed by atoms with van der Waals surface area (Å²) in [7, 11) is 0. The zero-order valence-corrected chi connectivity index (χ0v) is 14.2. The number of aromatic amines is 1. The van der Waals surface area contributed by atoms with Crippen LogP contribution >= 0.6 is 0 Å². The average molecular weight is 358 g/mol. The lowest BCUT2D eigenvalue weighted by Gasteiger charge is -2.00. The first-order valence-corrected chi connectivity index (χ1v) is 8.36. The summed E-state index contributed by atoms with van der Waals surface area (Å²) >= 11 is 0. The van der Waals surface area contributed by atoms with Crippen molar-refractivity contribution >= 4 is 28.7 Å². The molecule has 0 aliphatic carbocycles. The molecule has 1 heterocycles. The third-order valence-electron chi connectivity index (χ3n) is 4.19. The maximum absolute atomic E-state index is 13.3. The molecule has 4 aromatic rings. The Kier molecular flexibility index (Phi) is 4.26. The van der Waals surface area contributed by atoms with Gasteiger partial charge in [0.25, 0.3) is 0 Å². The number of H-pyrrole nitrogens is 1. The number of aliphatic hydroxyl groups excluding tert-OH is 1. The van der Waals surface area contributed by atoms with Crippen molar-refractivity contribution in [2.24, 2.45) is 0 Å². The second-order valence-corrected chi connectivity index (χ2v) is 6.09. The van der Waals surface area contributed by atoms with Gasteiger partial charge in [0.2, 0.25) is 0 Å². The standard InChI is InChI=1S/C22H15FN2O2/c23-17-8-4-7-15(11-17)20(26)13-21-24-18-10-9-16(12-19(18)25-21)22(27)14-5-2-1-3-6-14/h1-13,26H,(H,24,25)/b20-13-. The number of carbonyl (C=O) groups is 1. The Morgan fingerprint density at radius 1 is 0.926 bits per heavy atom. The van der Waals surface area contributed by atoms with Crippen molar-refractivity contribution in [2.75, 3.05) is 0 Å². The molecule has 132 valence electrons. The second-order valence-electron chi connectivity index (χ2n) is 6.09. The molecule has 0 bridgehead atoms. The highest BCUT2D eigenvalue weighted by molar-refractivity contribution is 6.10. The number of hydrogen-bond donors (Lipinski definition) is 2. The number of benzene rings is 3. The number of nitrogens with zero attached hydrogens (tertiary/aromatic N) is 1. The molecule has 0 aliphatic heterocycles. The SMILES string of the molecule is O=C(c1ccccc1)c1ccc2nc(/C=C(\O)c3cccc(F)c3)[nH]c2c1. The Morgan fingerprint density at radius 2 is 1.70 bits per heavy atom. The lowest BCUT2D eigenvalue weighted by Crippen LogP contribution is -2.00. The maximum atomic E-state index is 13.3. The molecule has 3 aromatic carbocycles. The molecule has 1 aromatic heterocycles. The van der Waals surface area contributed by atoms with Crippen molar-refractivity contribution in [2.45, 2.75) is 0 Å². The van der Waals surface area contributed by atoms with Gasteiger partial charge in [-0.25, -0.2) is 9.37 Å². The summed E-state index contributed by atoms with van der Waals surface area (Å²) in [4.78, 5) is 20.0. The molecular formula is C22H15FN2O2. The van der Waals surface area contributed by atoms with Crippen molar-refractivity contribution < 1.29 is 14.3 Å². The molecule has 4 rings (SSSR count). The van der Waals surface area contributed by atoms with Gasteiger partial charge >= 0.3 is 0 Å². The minimum absolute atomic E-state index is 0.0770. The van der Waals surface area contributed by atoms with Crippen LogP contribution in [-0.4, -0.2) is 20.9 Å². The van der Waals surface area contributed by atoms with Crippen LogP contribution in [0.15, 0.2) is 72.8 Å². The Bertz CT molecular complexity index is 1160. The van der Waals surface area contributed by atoms with Gasteiger partial charge in [-0.2, -0.15) is 0 Å². The summed E-state index contributed by atoms with van der Waals surface area (Å²) in [6.07, 6.45) is 1.42. The number of aliphatic hydroxyl groups is 1. The van der Waals surface area contributed by atoms with Crippen molar-refractivity contribution in [1.82, 2.24) is 9.97 Å². The number of hydrogen-bond acceptors (Lipinski definition) is 3. The topological polar surface area (TPSA) is 66.0 Å². The minimum atomic E-state index is -0.430. The summed E-state index contributed by atoms with van der Waals surface area (Å²) in [5, 5.41) is 10.2. The monoisotopic (exact) mass is 358 g/mol. The molecule has 0 unspecified atom stereocenters. The first-order chi connectivity index (χ1) is 13.1. The van der Waals surface area contributed by atoms with Crippen molar-refractivity contribution in [3.05, 3.63) is 101 Å². The zero-order chi connectivity index (χ0) is 18.8. The van der Waals surface area contributed by atoms with E-state index in [1.54, 1.807) is 36.4 Å². The van der Waals surface area contributed by atoms with Crippen LogP contribution in [-0.2, 0) is 0 Å². The van der Waals surface area contributed by atoms with Gasteiger partial charge in [-0.05, 0) is 30.3 Å². The Labute approximate surface area is 154 Å². The van der Waals surface area contributed by atoms with Crippen LogP contribution in [0.1, 0.15) is 27.3 Å². The first kappa shape index (κ1) is 16.7. The van der Waals surface area contributed by atoms with Gasteiger partial charge in [0.15, 0.2) is 5.78 Å². The quantitative estimate of drug-likeness (QED) is 0.399. The molecular weight excluding hydrogens is 343 g/mol. The van der Waals surface area contributed by atoms with Gasteiger partial charge in [0, 0.05) is 22.8 Å². The molecule has 4 nitrogen and oxygen atoms in total. The molecule has 2 N–H and O–H groups in total. The fraction of sp³-hybridized carbons (Fsp3) is 0. The highest BCUT2D eigenvalue weighted by Crippen LogP contribution is 2.20. The van der Waals surface area contributed by atoms with Gasteiger partial charge in [0.1, 0.15) is 17.4 Å². The Morgan fingerprint density at radius 3 is 2.48 bits per heavy atom. The summed E-state index contributed by atoms with van der Waals surface area (Å²) in [5.41, 5.74) is 2.85. The van der Waals surface area contributed by atoms with E-state index in [4.69, 9.17) is 0 Å². The molecule has 0 saturated heterocycles. The van der Waals surface area contributed by atoms with Crippen molar-refractivity contribution in [3.63, 3.8) is 0 Å². The fourth-order valence-corrected chi connectivity index (χ4v) is 2.86. The number of ketones is 1. The highest BCUT2D eigenvalue weighted by Gasteiger charge is 2.11. The highest BCUT2D eigenvalue weighted by atomic mass is 19.1. The molecule has 0 radical (unpaired) electrons. The van der Waals surface area contributed by atoms with Crippen LogP contribution in [0.4, 0.5) is 4.39 Å². The summed E-state index contributed by atoms with van der Waals surface area (Å²) in [6, 6.07) is 19.9. The van der Waals surface area contributed by atoms with E-state index in [2.05, 4.69) is 9.97 Å². The summed E-state index contributed by atoms with van der Waals surface area (Å²) in [5.74, 6) is -0.196. The van der Waals surface area contributed by atoms with Crippen LogP contribution in [0.3, 0.4) is 0 Å². The number of halogens is 1. The van der Waals surface area contributed by atoms with E-state index in [0.717, 1.165) is 0 Å². The molecule has 0 spiro atoms. The maximum Gasteiger partial charge on any atom is 0.193 e. The van der Waals surface area contributed by atoms with E-state index in [1.807, 2.05) is 18.2 Å². The van der Waals surface area contributed by atoms with Crippen molar-refractivity contribution in [1.29, 1.82) is 0 Å². The number of nitrogens with one attached hydrogen (secondary N) is 1. The van der Waals surface area contributed by atoms with Crippen LogP contribution in [0, 0.1) is 5.82 Å². The lowest BCUT2D eigenvalue weighted by atomic mass is 10.0. The van der Waals surface area contributed by atoms with Gasteiger partial charge in [-0.3, -0.25) is 4.79 Å². The van der Waals surface area contributed by atoms with Crippen molar-refractivity contribution in [3.8, 4) is 0 Å². The predicted molar refractivity (Wildman–Crippen MR) is 103 cm³/mol. The van der Waals surface area contributed by atoms with Gasteiger partial charge < -0.3 is 10.1 Å². The zero-order valence-electron chi connectivity index (χ0n) is 14.2. The van der Waals surface area contributed by atoms with E-state index >= 15 is 0 Å². The smallest absolute Gasteiger partial charge is 0.193 e. The summed E-state index contributed by atoms with van der Waals surface area (Å²) < 4.78 is 13.3. The lowest BCUT2D eigenvalue weighted by molar-refractivity contribution is 0.103. The van der Waals surface area contributed by atoms with Crippen LogP contribution in [0.2, 0.25) is 0 Å². The van der Waals surface area contributed by atoms with Crippen LogP contribution < -0.4 is 0 Å². The van der Waals surface area contributed by atoms with Crippen LogP contribution in [0.5, 0.6) is 0 Å². The predicted octanol–water partition coefficient (Wildman–Crippen LogP) is 4.99. The molecule has 0 saturated carbocycles. The normalized spacial score (nSPS) is 11.7. The third-order valence-corrected chi connectivity index (χ3v) is 4.19. The molecule has 0 atom stereocenters. The Balaban J connectivity index is 1.67. The molecule has 27 heavy (non-hydrogen) atoms. The second kappa shape index (κ2) is 6.88. The summed E-state index contributed by atoms with van der Waals surface area (Å²) in [6.45, 7) is 0. The van der Waals surface area contributed by atoms with E-state index in [-0.39, 0.29) is 11.5 Å². The number of imidazole rings is 1. The number of fused-ring (bicyclic) bond motifs is 1. The molecule has 0 fully saturated rings. The molecule has 0 amide bonds. The minimum Gasteiger partial charge on any atom is -0.507 e. The average Bonchev–Trinajstić information content (AvgIpc) is 3.09. The van der Waals surface area contributed by atoms with E-state index in [0.29, 0.717) is 33.5 Å². The number of rotatable bonds is 4. The number of carbonyl (C=O) groups excluding carboxylic acids is 1. The Hall–Kier alpha value is -3.73. The van der Waals surface area contributed by atoms with E-state index in [9.17, 15) is 14.3 Å². The largest absolute Gasteiger partial charge is 0.507 e. The molecule has 5 heteroatoms. The van der Waals surface area contributed by atoms with E-state index < -0.39 is 5.82 Å². The fourth-order valence-electron chi connectivity index (χ4n) is 2.86. The van der Waals surface area contributed by atoms with Gasteiger partial charge in [-0.15, -0.1) is 0 Å². The third kappa shape index (κ3) is 3.48. The number of aromatic nitrogens is 2. The first-order valence-electron chi connectivity index (χ1n) is 8.36. The van der Waals surface area contributed by atoms with Crippen LogP contribution in [0.25, 0.3) is 22.9 Å². The van der Waals surface area contributed by atoms with E-state index in [1.165, 1.54) is 24.3 Å². The van der Waals surface area contributed by atoms with Gasteiger partial charge in [0.05, 0.1) is 11.0 Å². The van der Waals surface area contributed by atoms with Gasteiger partial charge in [-0.1, -0.05) is 42.5 Å². The molecule has 0 aliphatic rings.